The van der Waals surface area contributed by atoms with Crippen LogP contribution in [0.15, 0.2) is 12.7 Å². The van der Waals surface area contributed by atoms with Crippen molar-refractivity contribution < 1.29 is 18.4 Å². The Morgan fingerprint density at radius 2 is 1.58 bits per heavy atom. The fourth-order valence-electron chi connectivity index (χ4n) is 2.81. The van der Waals surface area contributed by atoms with Crippen molar-refractivity contribution in [3.8, 4) is 0 Å². The highest BCUT2D eigenvalue weighted by molar-refractivity contribution is 6.66. The highest BCUT2D eigenvalue weighted by atomic mass is 28.4. The van der Waals surface area contributed by atoms with E-state index in [1.54, 1.807) is 6.92 Å². The second-order valence-corrected chi connectivity index (χ2v) is 9.76. The standard InChI is InChI=1S/C19H38O4Si/c1-6-9-10-11-12-13-14-15-16-17-24(5,21-8-3)23-18(4)22-19(20)7-2/h7,18H,2,6,8-17H2,1,3-5H3. The minimum atomic E-state index is -2.29. The van der Waals surface area contributed by atoms with Crippen molar-refractivity contribution in [3.05, 3.63) is 12.7 Å². The molecule has 0 aromatic heterocycles. The molecule has 0 saturated carbocycles. The van der Waals surface area contributed by atoms with Crippen LogP contribution in [0.3, 0.4) is 0 Å². The molecule has 0 fully saturated rings. The number of hydrogen-bond acceptors (Lipinski definition) is 4. The van der Waals surface area contributed by atoms with Gasteiger partial charge in [-0.25, -0.2) is 4.79 Å². The molecular weight excluding hydrogens is 320 g/mol. The van der Waals surface area contributed by atoms with Crippen molar-refractivity contribution in [3.63, 3.8) is 0 Å². The molecule has 0 aromatic carbocycles. The van der Waals surface area contributed by atoms with E-state index in [4.69, 9.17) is 13.6 Å². The van der Waals surface area contributed by atoms with Gasteiger partial charge < -0.3 is 13.6 Å². The molecule has 0 rings (SSSR count). The van der Waals surface area contributed by atoms with Gasteiger partial charge in [0.25, 0.3) is 0 Å². The Morgan fingerprint density at radius 3 is 2.08 bits per heavy atom. The second-order valence-electron chi connectivity index (χ2n) is 6.47. The van der Waals surface area contributed by atoms with Crippen LogP contribution in [0.2, 0.25) is 12.6 Å². The van der Waals surface area contributed by atoms with E-state index in [1.165, 1.54) is 51.4 Å². The maximum atomic E-state index is 11.2. The Kier molecular flexibility index (Phi) is 14.3. The summed E-state index contributed by atoms with van der Waals surface area (Å²) in [7, 11) is -2.29. The largest absolute Gasteiger partial charge is 0.434 e. The van der Waals surface area contributed by atoms with Gasteiger partial charge in [-0.3, -0.25) is 0 Å². The van der Waals surface area contributed by atoms with E-state index in [0.29, 0.717) is 6.61 Å². The van der Waals surface area contributed by atoms with Gasteiger partial charge >= 0.3 is 14.5 Å². The summed E-state index contributed by atoms with van der Waals surface area (Å²) in [5.74, 6) is -0.460. The van der Waals surface area contributed by atoms with Crippen LogP contribution < -0.4 is 0 Å². The van der Waals surface area contributed by atoms with Gasteiger partial charge in [0, 0.05) is 12.7 Å². The fraction of sp³-hybridized carbons (Fsp3) is 0.842. The molecule has 0 aliphatic rings. The lowest BCUT2D eigenvalue weighted by Crippen LogP contribution is -2.42. The van der Waals surface area contributed by atoms with E-state index in [9.17, 15) is 4.79 Å². The van der Waals surface area contributed by atoms with Crippen LogP contribution in [0.25, 0.3) is 0 Å². The first kappa shape index (κ1) is 23.3. The van der Waals surface area contributed by atoms with Gasteiger partial charge in [0.05, 0.1) is 0 Å². The normalized spacial score (nSPS) is 14.8. The van der Waals surface area contributed by atoms with Crippen LogP contribution in [-0.4, -0.2) is 27.4 Å². The molecule has 142 valence electrons. The molecule has 2 unspecified atom stereocenters. The Morgan fingerprint density at radius 1 is 1.04 bits per heavy atom. The molecule has 0 N–H and O–H groups in total. The average Bonchev–Trinajstić information content (AvgIpc) is 2.53. The maximum Gasteiger partial charge on any atom is 0.337 e. The maximum absolute atomic E-state index is 11.2. The predicted octanol–water partition coefficient (Wildman–Crippen LogP) is 5.72. The Labute approximate surface area is 150 Å². The van der Waals surface area contributed by atoms with Crippen LogP contribution >= 0.6 is 0 Å². The van der Waals surface area contributed by atoms with Crippen LogP contribution in [0, 0.1) is 0 Å². The molecule has 0 aromatic rings. The van der Waals surface area contributed by atoms with Crippen molar-refractivity contribution >= 4 is 14.5 Å². The van der Waals surface area contributed by atoms with Gasteiger partial charge in [-0.1, -0.05) is 71.3 Å². The zero-order chi connectivity index (χ0) is 18.3. The SMILES string of the molecule is C=CC(=O)OC(C)O[Si](C)(CCCCCCCCCCC)OCC. The Hall–Kier alpha value is -0.653. The van der Waals surface area contributed by atoms with Crippen molar-refractivity contribution in [2.45, 2.75) is 97.4 Å². The van der Waals surface area contributed by atoms with Gasteiger partial charge in [0.2, 0.25) is 0 Å². The molecule has 2 atom stereocenters. The van der Waals surface area contributed by atoms with Crippen molar-refractivity contribution in [1.82, 2.24) is 0 Å². The number of carbonyl (C=O) groups excluding carboxylic acids is 1. The zero-order valence-electron chi connectivity index (χ0n) is 16.3. The number of rotatable bonds is 16. The quantitative estimate of drug-likeness (QED) is 0.116. The van der Waals surface area contributed by atoms with E-state index in [2.05, 4.69) is 20.0 Å². The smallest absolute Gasteiger partial charge is 0.337 e. The van der Waals surface area contributed by atoms with Gasteiger partial charge in [-0.2, -0.15) is 0 Å². The molecule has 4 nitrogen and oxygen atoms in total. The number of hydrogen-bond donors (Lipinski definition) is 0. The monoisotopic (exact) mass is 358 g/mol. The molecule has 0 bridgehead atoms. The van der Waals surface area contributed by atoms with Gasteiger partial charge in [0.1, 0.15) is 0 Å². The second kappa shape index (κ2) is 14.7. The molecule has 0 aliphatic carbocycles. The highest BCUT2D eigenvalue weighted by Gasteiger charge is 2.33. The summed E-state index contributed by atoms with van der Waals surface area (Å²) < 4.78 is 16.9. The van der Waals surface area contributed by atoms with Gasteiger partial charge in [-0.15, -0.1) is 0 Å². The Balaban J connectivity index is 3.96. The summed E-state index contributed by atoms with van der Waals surface area (Å²) in [6, 6.07) is 0.937. The molecule has 0 saturated heterocycles. The Bertz CT molecular complexity index is 335. The molecule has 24 heavy (non-hydrogen) atoms. The summed E-state index contributed by atoms with van der Waals surface area (Å²) in [5.41, 5.74) is 0. The summed E-state index contributed by atoms with van der Waals surface area (Å²) in [4.78, 5) is 11.2. The van der Waals surface area contributed by atoms with Crippen LogP contribution in [0.1, 0.15) is 78.6 Å². The third kappa shape index (κ3) is 12.7. The lowest BCUT2D eigenvalue weighted by atomic mass is 10.1. The summed E-state index contributed by atoms with van der Waals surface area (Å²) in [6.45, 7) is 12.0. The molecule has 0 radical (unpaired) electrons. The van der Waals surface area contributed by atoms with Crippen molar-refractivity contribution in [2.24, 2.45) is 0 Å². The minimum absolute atomic E-state index is 0.460. The average molecular weight is 359 g/mol. The molecule has 0 aliphatic heterocycles. The van der Waals surface area contributed by atoms with Crippen molar-refractivity contribution in [2.75, 3.05) is 6.61 Å². The van der Waals surface area contributed by atoms with Crippen LogP contribution in [0.5, 0.6) is 0 Å². The van der Waals surface area contributed by atoms with E-state index in [1.807, 2.05) is 6.92 Å². The summed E-state index contributed by atoms with van der Waals surface area (Å²) in [6.07, 6.45) is 12.3. The topological polar surface area (TPSA) is 44.8 Å². The lowest BCUT2D eigenvalue weighted by Gasteiger charge is -2.29. The van der Waals surface area contributed by atoms with E-state index < -0.39 is 20.8 Å². The van der Waals surface area contributed by atoms with Crippen LogP contribution in [-0.2, 0) is 18.4 Å². The number of unbranched alkanes of at least 4 members (excludes halogenated alkanes) is 8. The molecule has 0 heterocycles. The summed E-state index contributed by atoms with van der Waals surface area (Å²) >= 11 is 0. The number of carbonyl (C=O) groups is 1. The van der Waals surface area contributed by atoms with E-state index >= 15 is 0 Å². The first-order chi connectivity index (χ1) is 11.5. The van der Waals surface area contributed by atoms with Crippen molar-refractivity contribution in [1.29, 1.82) is 0 Å². The highest BCUT2D eigenvalue weighted by Crippen LogP contribution is 2.21. The third-order valence-corrected chi connectivity index (χ3v) is 7.04. The lowest BCUT2D eigenvalue weighted by molar-refractivity contribution is -0.157. The van der Waals surface area contributed by atoms with E-state index in [0.717, 1.165) is 18.5 Å². The molecule has 0 spiro atoms. The minimum Gasteiger partial charge on any atom is -0.434 e. The zero-order valence-corrected chi connectivity index (χ0v) is 17.3. The molecule has 5 heteroatoms. The number of esters is 1. The summed E-state index contributed by atoms with van der Waals surface area (Å²) in [5, 5.41) is 0. The first-order valence-corrected chi connectivity index (χ1v) is 12.1. The van der Waals surface area contributed by atoms with Gasteiger partial charge in [0.15, 0.2) is 6.29 Å². The number of ether oxygens (including phenoxy) is 1. The van der Waals surface area contributed by atoms with E-state index in [-0.39, 0.29) is 0 Å². The third-order valence-electron chi connectivity index (χ3n) is 4.05. The molecular formula is C19H38O4Si. The van der Waals surface area contributed by atoms with Gasteiger partial charge in [-0.05, 0) is 26.4 Å². The molecule has 0 amide bonds. The predicted molar refractivity (Wildman–Crippen MR) is 102 cm³/mol. The fourth-order valence-corrected chi connectivity index (χ4v) is 5.40. The van der Waals surface area contributed by atoms with Crippen LogP contribution in [0.4, 0.5) is 0 Å². The first-order valence-electron chi connectivity index (χ1n) is 9.62.